The summed E-state index contributed by atoms with van der Waals surface area (Å²) in [5, 5.41) is 0.156. The number of nitrogen functional groups attached to an aromatic ring is 1. The summed E-state index contributed by atoms with van der Waals surface area (Å²) in [6, 6.07) is 6.92. The van der Waals surface area contributed by atoms with E-state index in [9.17, 15) is 14.0 Å². The lowest BCUT2D eigenvalue weighted by molar-refractivity contribution is 0.0520. The topological polar surface area (TPSA) is 111 Å². The van der Waals surface area contributed by atoms with Crippen LogP contribution in [0.5, 0.6) is 0 Å². The molecule has 2 heterocycles. The van der Waals surface area contributed by atoms with Gasteiger partial charge in [0.05, 0.1) is 12.0 Å². The molecule has 0 aliphatic carbocycles. The molecule has 3 rings (SSSR count). The monoisotopic (exact) mass is 328 g/mol. The van der Waals surface area contributed by atoms with Gasteiger partial charge in [0.2, 0.25) is 5.95 Å². The van der Waals surface area contributed by atoms with Crippen LogP contribution in [-0.4, -0.2) is 27.5 Å². The predicted molar refractivity (Wildman–Crippen MR) is 85.9 cm³/mol. The maximum atomic E-state index is 13.2. The molecule has 0 radical (unpaired) electrons. The zero-order valence-electron chi connectivity index (χ0n) is 12.7. The van der Waals surface area contributed by atoms with Gasteiger partial charge in [-0.2, -0.15) is 4.98 Å². The average Bonchev–Trinajstić information content (AvgIpc) is 2.54. The Bertz CT molecular complexity index is 983. The summed E-state index contributed by atoms with van der Waals surface area (Å²) in [7, 11) is 0. The largest absolute Gasteiger partial charge is 0.461 e. The normalized spacial score (nSPS) is 10.8. The van der Waals surface area contributed by atoms with Crippen molar-refractivity contribution in [1.82, 2.24) is 15.0 Å². The summed E-state index contributed by atoms with van der Waals surface area (Å²) in [6.07, 6.45) is 0. The van der Waals surface area contributed by atoms with Crippen LogP contribution < -0.4 is 11.3 Å². The number of carbonyl (C=O) groups is 1. The van der Waals surface area contributed by atoms with Crippen LogP contribution in [0.2, 0.25) is 0 Å². The molecule has 0 bridgehead atoms. The third kappa shape index (κ3) is 2.81. The van der Waals surface area contributed by atoms with E-state index in [1.54, 1.807) is 6.92 Å². The molecule has 7 nitrogen and oxygen atoms in total. The number of carbonyl (C=O) groups excluding carboxylic acids is 1. The summed E-state index contributed by atoms with van der Waals surface area (Å²) in [5.74, 6) is -1.19. The summed E-state index contributed by atoms with van der Waals surface area (Å²) >= 11 is 0. The number of halogens is 1. The molecule has 8 heteroatoms. The molecule has 0 aliphatic rings. The number of rotatable bonds is 3. The first kappa shape index (κ1) is 15.6. The maximum absolute atomic E-state index is 13.2. The SMILES string of the molecule is CCOC(=O)c1cc(-c2ccc(F)cc2)c2c(=O)[nH]c(N)nc2n1. The van der Waals surface area contributed by atoms with Crippen LogP contribution >= 0.6 is 0 Å². The van der Waals surface area contributed by atoms with Crippen molar-refractivity contribution in [2.24, 2.45) is 0 Å². The lowest BCUT2D eigenvalue weighted by Gasteiger charge is -2.09. The minimum absolute atomic E-state index is 0.0128. The summed E-state index contributed by atoms with van der Waals surface area (Å²) < 4.78 is 18.1. The molecule has 3 aromatic rings. The molecular formula is C16H13FN4O3. The van der Waals surface area contributed by atoms with Gasteiger partial charge in [0.25, 0.3) is 5.56 Å². The van der Waals surface area contributed by atoms with Gasteiger partial charge in [-0.05, 0) is 30.7 Å². The molecular weight excluding hydrogens is 315 g/mol. The molecule has 0 amide bonds. The molecule has 3 N–H and O–H groups in total. The molecule has 0 saturated heterocycles. The van der Waals surface area contributed by atoms with Crippen LogP contribution in [0.1, 0.15) is 17.4 Å². The number of aromatic amines is 1. The van der Waals surface area contributed by atoms with Crippen LogP contribution in [-0.2, 0) is 4.74 Å². The molecule has 0 spiro atoms. The van der Waals surface area contributed by atoms with Crippen molar-refractivity contribution < 1.29 is 13.9 Å². The van der Waals surface area contributed by atoms with Crippen LogP contribution in [0.25, 0.3) is 22.2 Å². The van der Waals surface area contributed by atoms with E-state index in [0.29, 0.717) is 11.1 Å². The summed E-state index contributed by atoms with van der Waals surface area (Å²) in [5.41, 5.74) is 5.97. The van der Waals surface area contributed by atoms with Gasteiger partial charge in [-0.3, -0.25) is 9.78 Å². The first-order valence-electron chi connectivity index (χ1n) is 7.13. The van der Waals surface area contributed by atoms with E-state index in [1.165, 1.54) is 30.3 Å². The number of anilines is 1. The number of H-pyrrole nitrogens is 1. The second-order valence-corrected chi connectivity index (χ2v) is 4.93. The molecule has 0 atom stereocenters. The standard InChI is InChI=1S/C16H13FN4O3/c1-2-24-15(23)11-7-10(8-3-5-9(17)6-4-8)12-13(19-11)20-16(18)21-14(12)22/h3-7H,2H2,1H3,(H3,18,19,20,21,22). The molecule has 0 aliphatic heterocycles. The van der Waals surface area contributed by atoms with Crippen molar-refractivity contribution in [2.75, 3.05) is 12.3 Å². The van der Waals surface area contributed by atoms with Crippen molar-refractivity contribution in [3.05, 3.63) is 52.2 Å². The van der Waals surface area contributed by atoms with Crippen LogP contribution in [0.4, 0.5) is 10.3 Å². The van der Waals surface area contributed by atoms with Crippen molar-refractivity contribution >= 4 is 23.0 Å². The van der Waals surface area contributed by atoms with E-state index in [0.717, 1.165) is 0 Å². The number of esters is 1. The second kappa shape index (κ2) is 6.07. The Morgan fingerprint density at radius 3 is 2.67 bits per heavy atom. The zero-order chi connectivity index (χ0) is 17.3. The fourth-order valence-corrected chi connectivity index (χ4v) is 2.32. The van der Waals surface area contributed by atoms with Crippen LogP contribution in [0.3, 0.4) is 0 Å². The number of nitrogens with two attached hydrogens (primary N) is 1. The van der Waals surface area contributed by atoms with Crippen molar-refractivity contribution in [2.45, 2.75) is 6.92 Å². The highest BCUT2D eigenvalue weighted by Gasteiger charge is 2.17. The van der Waals surface area contributed by atoms with Crippen LogP contribution in [0, 0.1) is 5.82 Å². The lowest BCUT2D eigenvalue weighted by Crippen LogP contribution is -2.15. The molecule has 1 aromatic carbocycles. The number of pyridine rings is 1. The fraction of sp³-hybridized carbons (Fsp3) is 0.125. The van der Waals surface area contributed by atoms with Crippen LogP contribution in [0.15, 0.2) is 35.1 Å². The highest BCUT2D eigenvalue weighted by molar-refractivity contribution is 5.98. The molecule has 122 valence electrons. The van der Waals surface area contributed by atoms with Gasteiger partial charge in [-0.25, -0.2) is 14.2 Å². The Kier molecular flexibility index (Phi) is 3.95. The van der Waals surface area contributed by atoms with Gasteiger partial charge >= 0.3 is 5.97 Å². The Balaban J connectivity index is 2.33. The van der Waals surface area contributed by atoms with Gasteiger partial charge in [-0.15, -0.1) is 0 Å². The number of nitrogens with one attached hydrogen (secondary N) is 1. The molecule has 24 heavy (non-hydrogen) atoms. The third-order valence-electron chi connectivity index (χ3n) is 3.34. The summed E-state index contributed by atoms with van der Waals surface area (Å²) in [4.78, 5) is 34.7. The Hall–Kier alpha value is -3.29. The number of fused-ring (bicyclic) bond motifs is 1. The Morgan fingerprint density at radius 2 is 2.00 bits per heavy atom. The van der Waals surface area contributed by atoms with Crippen molar-refractivity contribution in [3.8, 4) is 11.1 Å². The minimum atomic E-state index is -0.650. The summed E-state index contributed by atoms with van der Waals surface area (Å²) in [6.45, 7) is 1.84. The van der Waals surface area contributed by atoms with E-state index >= 15 is 0 Å². The number of aromatic nitrogens is 3. The third-order valence-corrected chi connectivity index (χ3v) is 3.34. The minimum Gasteiger partial charge on any atom is -0.461 e. The fourth-order valence-electron chi connectivity index (χ4n) is 2.32. The predicted octanol–water partition coefficient (Wildman–Crippen LogP) is 1.88. The van der Waals surface area contributed by atoms with E-state index in [4.69, 9.17) is 10.5 Å². The lowest BCUT2D eigenvalue weighted by atomic mass is 10.0. The average molecular weight is 328 g/mol. The van der Waals surface area contributed by atoms with E-state index in [-0.39, 0.29) is 29.3 Å². The van der Waals surface area contributed by atoms with Gasteiger partial charge < -0.3 is 10.5 Å². The van der Waals surface area contributed by atoms with Gasteiger partial charge in [0.1, 0.15) is 5.82 Å². The molecule has 2 aromatic heterocycles. The van der Waals surface area contributed by atoms with E-state index in [2.05, 4.69) is 15.0 Å². The first-order chi connectivity index (χ1) is 11.5. The smallest absolute Gasteiger partial charge is 0.357 e. The van der Waals surface area contributed by atoms with Gasteiger partial charge in [0.15, 0.2) is 11.3 Å². The maximum Gasteiger partial charge on any atom is 0.357 e. The highest BCUT2D eigenvalue weighted by atomic mass is 19.1. The molecule has 0 saturated carbocycles. The van der Waals surface area contributed by atoms with Crippen molar-refractivity contribution in [3.63, 3.8) is 0 Å². The molecule has 0 unspecified atom stereocenters. The quantitative estimate of drug-likeness (QED) is 0.710. The number of ether oxygens (including phenoxy) is 1. The first-order valence-corrected chi connectivity index (χ1v) is 7.13. The number of benzene rings is 1. The van der Waals surface area contributed by atoms with E-state index < -0.39 is 17.3 Å². The number of hydrogen-bond donors (Lipinski definition) is 2. The van der Waals surface area contributed by atoms with Gasteiger partial charge in [0, 0.05) is 5.56 Å². The highest BCUT2D eigenvalue weighted by Crippen LogP contribution is 2.26. The number of hydrogen-bond acceptors (Lipinski definition) is 6. The zero-order valence-corrected chi connectivity index (χ0v) is 12.7. The Labute approximate surface area is 135 Å². The molecule has 0 fully saturated rings. The Morgan fingerprint density at radius 1 is 1.29 bits per heavy atom. The number of nitrogens with zero attached hydrogens (tertiary/aromatic N) is 2. The van der Waals surface area contributed by atoms with Crippen molar-refractivity contribution in [1.29, 1.82) is 0 Å². The van der Waals surface area contributed by atoms with Gasteiger partial charge in [-0.1, -0.05) is 12.1 Å². The second-order valence-electron chi connectivity index (χ2n) is 4.93. The van der Waals surface area contributed by atoms with E-state index in [1.807, 2.05) is 0 Å².